The van der Waals surface area contributed by atoms with Gasteiger partial charge >= 0.3 is 0 Å². The molecule has 1 aliphatic heterocycles. The lowest BCUT2D eigenvalue weighted by atomic mass is 10.0. The van der Waals surface area contributed by atoms with Gasteiger partial charge < -0.3 is 4.90 Å². The zero-order valence-corrected chi connectivity index (χ0v) is 17.4. The molecule has 1 aromatic carbocycles. The monoisotopic (exact) mass is 435 g/mol. The molecule has 152 valence electrons. The molecule has 9 heteroatoms. The number of hydrogen-bond acceptors (Lipinski definition) is 5. The molecule has 29 heavy (non-hydrogen) atoms. The van der Waals surface area contributed by atoms with Crippen molar-refractivity contribution in [3.8, 4) is 5.69 Å². The van der Waals surface area contributed by atoms with Gasteiger partial charge in [-0.25, -0.2) is 13.8 Å². The molecule has 2 aromatic heterocycles. The molecule has 3 heterocycles. The molecule has 1 aliphatic rings. The van der Waals surface area contributed by atoms with Crippen molar-refractivity contribution in [1.29, 1.82) is 0 Å². The summed E-state index contributed by atoms with van der Waals surface area (Å²) in [6.07, 6.45) is 3.06. The Balaban J connectivity index is 1.71. The van der Waals surface area contributed by atoms with E-state index in [1.807, 2.05) is 11.8 Å². The fourth-order valence-corrected chi connectivity index (χ4v) is 5.22. The number of thioether (sulfide) groups is 1. The number of aromatic nitrogens is 2. The van der Waals surface area contributed by atoms with Crippen molar-refractivity contribution in [2.75, 3.05) is 12.3 Å². The molecule has 0 aliphatic carbocycles. The number of amides is 1. The third-order valence-corrected chi connectivity index (χ3v) is 6.82. The van der Waals surface area contributed by atoms with Crippen molar-refractivity contribution in [1.82, 2.24) is 14.5 Å². The van der Waals surface area contributed by atoms with Crippen LogP contribution < -0.4 is 5.56 Å². The number of likely N-dealkylation sites (tertiary alicyclic amines) is 1. The van der Waals surface area contributed by atoms with Crippen LogP contribution in [-0.2, 0) is 4.79 Å². The number of carbonyl (C=O) groups is 1. The number of fused-ring (bicyclic) bond motifs is 1. The average molecular weight is 436 g/mol. The molecular formula is C20H19F2N3O2S2. The first-order valence-electron chi connectivity index (χ1n) is 9.33. The van der Waals surface area contributed by atoms with E-state index in [4.69, 9.17) is 0 Å². The topological polar surface area (TPSA) is 55.2 Å². The van der Waals surface area contributed by atoms with E-state index in [2.05, 4.69) is 4.98 Å². The minimum Gasteiger partial charge on any atom is -0.339 e. The van der Waals surface area contributed by atoms with Gasteiger partial charge in [-0.2, -0.15) is 0 Å². The van der Waals surface area contributed by atoms with Gasteiger partial charge in [-0.15, -0.1) is 11.3 Å². The number of rotatable bonds is 4. The average Bonchev–Trinajstić information content (AvgIpc) is 3.14. The van der Waals surface area contributed by atoms with Gasteiger partial charge in [0.25, 0.3) is 5.56 Å². The Hall–Kier alpha value is -2.26. The first kappa shape index (κ1) is 20.0. The van der Waals surface area contributed by atoms with Gasteiger partial charge in [0, 0.05) is 18.7 Å². The van der Waals surface area contributed by atoms with Gasteiger partial charge in [0.05, 0.1) is 17.0 Å². The van der Waals surface area contributed by atoms with Crippen LogP contribution >= 0.6 is 23.1 Å². The quantitative estimate of drug-likeness (QED) is 0.455. The van der Waals surface area contributed by atoms with Crippen LogP contribution in [0.1, 0.15) is 26.2 Å². The molecule has 0 saturated carbocycles. The number of thiophene rings is 1. The molecule has 5 nitrogen and oxygen atoms in total. The van der Waals surface area contributed by atoms with Gasteiger partial charge in [0.15, 0.2) is 5.16 Å². The first-order valence-corrected chi connectivity index (χ1v) is 11.2. The van der Waals surface area contributed by atoms with Crippen LogP contribution in [0.4, 0.5) is 8.78 Å². The van der Waals surface area contributed by atoms with Gasteiger partial charge in [-0.3, -0.25) is 14.2 Å². The Morgan fingerprint density at radius 3 is 2.76 bits per heavy atom. The normalized spacial score (nSPS) is 17.1. The Kier molecular flexibility index (Phi) is 5.69. The van der Waals surface area contributed by atoms with Gasteiger partial charge in [-0.1, -0.05) is 11.8 Å². The third-order valence-electron chi connectivity index (χ3n) is 5.00. The second-order valence-corrected chi connectivity index (χ2v) is 8.88. The summed E-state index contributed by atoms with van der Waals surface area (Å²) in [6.45, 7) is 2.75. The summed E-state index contributed by atoms with van der Waals surface area (Å²) >= 11 is 2.33. The lowest BCUT2D eigenvalue weighted by Gasteiger charge is -2.33. The van der Waals surface area contributed by atoms with Crippen molar-refractivity contribution < 1.29 is 13.6 Å². The molecule has 1 saturated heterocycles. The van der Waals surface area contributed by atoms with Crippen LogP contribution in [0.15, 0.2) is 39.6 Å². The van der Waals surface area contributed by atoms with Crippen molar-refractivity contribution in [2.45, 2.75) is 37.4 Å². The van der Waals surface area contributed by atoms with Crippen LogP contribution in [0.5, 0.6) is 0 Å². The number of nitrogens with zero attached hydrogens (tertiary/aromatic N) is 3. The smallest absolute Gasteiger partial charge is 0.276 e. The van der Waals surface area contributed by atoms with E-state index in [-0.39, 0.29) is 28.5 Å². The second-order valence-electron chi connectivity index (χ2n) is 7.02. The highest BCUT2D eigenvalue weighted by Gasteiger charge is 2.24. The molecule has 0 N–H and O–H groups in total. The number of carbonyl (C=O) groups excluding carboxylic acids is 1. The Morgan fingerprint density at radius 1 is 1.28 bits per heavy atom. The van der Waals surface area contributed by atoms with E-state index >= 15 is 0 Å². The maximum absolute atomic E-state index is 13.8. The zero-order valence-electron chi connectivity index (χ0n) is 15.7. The summed E-state index contributed by atoms with van der Waals surface area (Å²) in [5.74, 6) is -1.50. The summed E-state index contributed by atoms with van der Waals surface area (Å²) in [5, 5.41) is 1.98. The molecule has 1 amide bonds. The highest BCUT2D eigenvalue weighted by atomic mass is 32.2. The predicted octanol–water partition coefficient (Wildman–Crippen LogP) is 4.22. The maximum atomic E-state index is 13.8. The molecule has 4 rings (SSSR count). The molecule has 0 radical (unpaired) electrons. The van der Waals surface area contributed by atoms with Crippen molar-refractivity contribution >= 4 is 39.2 Å². The Morgan fingerprint density at radius 2 is 2.03 bits per heavy atom. The first-order chi connectivity index (χ1) is 13.9. The molecule has 1 fully saturated rings. The summed E-state index contributed by atoms with van der Waals surface area (Å²) in [5.41, 5.74) is 0.155. The van der Waals surface area contributed by atoms with Crippen LogP contribution in [-0.4, -0.2) is 38.7 Å². The Bertz CT molecular complexity index is 1110. The van der Waals surface area contributed by atoms with E-state index in [9.17, 15) is 18.4 Å². The van der Waals surface area contributed by atoms with E-state index in [1.165, 1.54) is 15.9 Å². The number of hydrogen-bond donors (Lipinski definition) is 0. The van der Waals surface area contributed by atoms with Crippen molar-refractivity contribution in [2.24, 2.45) is 0 Å². The number of piperidine rings is 1. The highest BCUT2D eigenvalue weighted by Crippen LogP contribution is 2.26. The summed E-state index contributed by atoms with van der Waals surface area (Å²) in [6, 6.07) is 4.83. The van der Waals surface area contributed by atoms with Gasteiger partial charge in [0.2, 0.25) is 5.91 Å². The zero-order chi connectivity index (χ0) is 20.5. The highest BCUT2D eigenvalue weighted by molar-refractivity contribution is 7.99. The standard InChI is InChI=1S/C20H19F2N3O2S2/c1-12-4-2-3-6-24(12)17(26)11-29-20-23-16-5-7-28-18(16)19(27)25(20)15-9-13(21)8-14(22)10-15/h5,7-10,12H,2-4,6,11H2,1H3/t12-/m0/s1. The molecule has 0 bridgehead atoms. The predicted molar refractivity (Wildman–Crippen MR) is 111 cm³/mol. The summed E-state index contributed by atoms with van der Waals surface area (Å²) < 4.78 is 29.2. The molecule has 0 spiro atoms. The summed E-state index contributed by atoms with van der Waals surface area (Å²) in [4.78, 5) is 32.1. The van der Waals surface area contributed by atoms with Crippen LogP contribution in [0.25, 0.3) is 15.9 Å². The van der Waals surface area contributed by atoms with Gasteiger partial charge in [0.1, 0.15) is 16.3 Å². The fraction of sp³-hybridized carbons (Fsp3) is 0.350. The van der Waals surface area contributed by atoms with E-state index < -0.39 is 17.2 Å². The molecule has 1 atom stereocenters. The SMILES string of the molecule is C[C@H]1CCCCN1C(=O)CSc1nc2ccsc2c(=O)n1-c1cc(F)cc(F)c1. The van der Waals surface area contributed by atoms with E-state index in [0.717, 1.165) is 55.8 Å². The molecular weight excluding hydrogens is 416 g/mol. The van der Waals surface area contributed by atoms with Crippen LogP contribution in [0.3, 0.4) is 0 Å². The minimum absolute atomic E-state index is 0.0289. The fourth-order valence-electron chi connectivity index (χ4n) is 3.56. The van der Waals surface area contributed by atoms with Gasteiger partial charge in [-0.05, 0) is 49.8 Å². The van der Waals surface area contributed by atoms with Crippen LogP contribution in [0.2, 0.25) is 0 Å². The molecule has 0 unspecified atom stereocenters. The second kappa shape index (κ2) is 8.23. The number of benzene rings is 1. The lowest BCUT2D eigenvalue weighted by molar-refractivity contribution is -0.131. The van der Waals surface area contributed by atoms with Crippen molar-refractivity contribution in [3.63, 3.8) is 0 Å². The van der Waals surface area contributed by atoms with Crippen molar-refractivity contribution in [3.05, 3.63) is 51.6 Å². The summed E-state index contributed by atoms with van der Waals surface area (Å²) in [7, 11) is 0. The molecule has 3 aromatic rings. The lowest BCUT2D eigenvalue weighted by Crippen LogP contribution is -2.43. The maximum Gasteiger partial charge on any atom is 0.276 e. The van der Waals surface area contributed by atoms with Crippen LogP contribution in [0, 0.1) is 11.6 Å². The largest absolute Gasteiger partial charge is 0.339 e. The van der Waals surface area contributed by atoms with E-state index in [0.29, 0.717) is 10.2 Å². The minimum atomic E-state index is -0.785. The Labute approximate surface area is 174 Å². The third kappa shape index (κ3) is 4.06. The van der Waals surface area contributed by atoms with E-state index in [1.54, 1.807) is 11.4 Å². The number of halogens is 2.